The molecule has 1 aromatic carbocycles. The van der Waals surface area contributed by atoms with Crippen LogP contribution in [0, 0.1) is 6.92 Å². The van der Waals surface area contributed by atoms with E-state index in [-0.39, 0.29) is 23.6 Å². The van der Waals surface area contributed by atoms with Gasteiger partial charge in [0.05, 0.1) is 19.2 Å². The number of carbonyl (C=O) groups excluding carboxylic acids is 2. The average Bonchev–Trinajstić information content (AvgIpc) is 3.09. The molecule has 1 aliphatic heterocycles. The van der Waals surface area contributed by atoms with Gasteiger partial charge >= 0.3 is 0 Å². The number of benzene rings is 1. The Morgan fingerprint density at radius 3 is 2.73 bits per heavy atom. The first-order chi connectivity index (χ1) is 12.5. The first-order valence-electron chi connectivity index (χ1n) is 8.70. The Kier molecular flexibility index (Phi) is 5.55. The van der Waals surface area contributed by atoms with Gasteiger partial charge < -0.3 is 19.5 Å². The van der Waals surface area contributed by atoms with E-state index in [2.05, 4.69) is 10.5 Å². The van der Waals surface area contributed by atoms with Gasteiger partial charge in [-0.3, -0.25) is 9.59 Å². The van der Waals surface area contributed by atoms with Crippen molar-refractivity contribution in [2.45, 2.75) is 32.2 Å². The molecule has 0 saturated carbocycles. The summed E-state index contributed by atoms with van der Waals surface area (Å²) in [7, 11) is 1.61. The van der Waals surface area contributed by atoms with Crippen LogP contribution in [-0.2, 0) is 11.2 Å². The van der Waals surface area contributed by atoms with Gasteiger partial charge in [-0.15, -0.1) is 0 Å². The first-order valence-corrected chi connectivity index (χ1v) is 8.70. The summed E-state index contributed by atoms with van der Waals surface area (Å²) >= 11 is 0. The predicted octanol–water partition coefficient (Wildman–Crippen LogP) is 1.96. The number of methoxy groups -OCH3 is 1. The maximum atomic E-state index is 12.5. The fourth-order valence-corrected chi connectivity index (χ4v) is 3.07. The Bertz CT molecular complexity index is 779. The molecule has 0 unspecified atom stereocenters. The minimum Gasteiger partial charge on any atom is -0.497 e. The van der Waals surface area contributed by atoms with Crippen molar-refractivity contribution < 1.29 is 18.8 Å². The van der Waals surface area contributed by atoms with E-state index in [4.69, 9.17) is 9.26 Å². The molecule has 1 fully saturated rings. The zero-order valence-corrected chi connectivity index (χ0v) is 15.0. The van der Waals surface area contributed by atoms with Crippen molar-refractivity contribution >= 4 is 11.8 Å². The van der Waals surface area contributed by atoms with Crippen molar-refractivity contribution in [1.29, 1.82) is 0 Å². The molecule has 26 heavy (non-hydrogen) atoms. The number of nitrogens with zero attached hydrogens (tertiary/aromatic N) is 2. The number of amides is 2. The van der Waals surface area contributed by atoms with Crippen LogP contribution in [0.25, 0.3) is 0 Å². The molecule has 1 aliphatic rings. The Labute approximate surface area is 152 Å². The standard InChI is InChI=1S/C19H23N3O4/c1-13-10-17(26-21-13)19(24)20-15-6-8-22(9-7-15)18(23)12-14-4-3-5-16(11-14)25-2/h3-5,10-11,15H,6-9,12H2,1-2H3,(H,20,24). The van der Waals surface area contributed by atoms with Crippen LogP contribution in [0.3, 0.4) is 0 Å². The lowest BCUT2D eigenvalue weighted by Gasteiger charge is -2.32. The maximum absolute atomic E-state index is 12.5. The summed E-state index contributed by atoms with van der Waals surface area (Å²) in [6.07, 6.45) is 1.80. The number of rotatable bonds is 5. The van der Waals surface area contributed by atoms with Crippen LogP contribution in [0.5, 0.6) is 5.75 Å². The fourth-order valence-electron chi connectivity index (χ4n) is 3.07. The van der Waals surface area contributed by atoms with E-state index in [1.807, 2.05) is 29.2 Å². The van der Waals surface area contributed by atoms with Gasteiger partial charge in [0, 0.05) is 25.2 Å². The van der Waals surface area contributed by atoms with Crippen molar-refractivity contribution in [3.05, 3.63) is 47.3 Å². The first kappa shape index (κ1) is 18.0. The van der Waals surface area contributed by atoms with Crippen LogP contribution >= 0.6 is 0 Å². The van der Waals surface area contributed by atoms with Gasteiger partial charge in [-0.05, 0) is 37.5 Å². The van der Waals surface area contributed by atoms with Gasteiger partial charge in [-0.25, -0.2) is 0 Å². The number of aromatic nitrogens is 1. The molecule has 0 atom stereocenters. The molecule has 7 heteroatoms. The van der Waals surface area contributed by atoms with Gasteiger partial charge in [0.1, 0.15) is 5.75 Å². The number of nitrogens with one attached hydrogen (secondary N) is 1. The Morgan fingerprint density at radius 2 is 2.08 bits per heavy atom. The van der Waals surface area contributed by atoms with Gasteiger partial charge in [-0.1, -0.05) is 17.3 Å². The summed E-state index contributed by atoms with van der Waals surface area (Å²) in [6.45, 7) is 3.03. The number of likely N-dealkylation sites (tertiary alicyclic amines) is 1. The van der Waals surface area contributed by atoms with Gasteiger partial charge in [0.15, 0.2) is 0 Å². The highest BCUT2D eigenvalue weighted by molar-refractivity contribution is 5.91. The van der Waals surface area contributed by atoms with E-state index >= 15 is 0 Å². The number of ether oxygens (including phenoxy) is 1. The molecule has 2 heterocycles. The van der Waals surface area contributed by atoms with Crippen LogP contribution in [-0.4, -0.2) is 48.1 Å². The van der Waals surface area contributed by atoms with Crippen molar-refractivity contribution in [1.82, 2.24) is 15.4 Å². The average molecular weight is 357 g/mol. The minimum absolute atomic E-state index is 0.0359. The predicted molar refractivity (Wildman–Crippen MR) is 95.0 cm³/mol. The second-order valence-corrected chi connectivity index (χ2v) is 6.49. The summed E-state index contributed by atoms with van der Waals surface area (Å²) in [5, 5.41) is 6.67. The highest BCUT2D eigenvalue weighted by Crippen LogP contribution is 2.16. The summed E-state index contributed by atoms with van der Waals surface area (Å²) in [5.41, 5.74) is 1.61. The van der Waals surface area contributed by atoms with Gasteiger partial charge in [0.25, 0.3) is 5.91 Å². The van der Waals surface area contributed by atoms with E-state index in [9.17, 15) is 9.59 Å². The smallest absolute Gasteiger partial charge is 0.290 e. The third-order valence-electron chi connectivity index (χ3n) is 4.52. The second-order valence-electron chi connectivity index (χ2n) is 6.49. The summed E-state index contributed by atoms with van der Waals surface area (Å²) in [4.78, 5) is 26.4. The van der Waals surface area contributed by atoms with Gasteiger partial charge in [-0.2, -0.15) is 0 Å². The molecule has 0 aliphatic carbocycles. The molecule has 0 radical (unpaired) electrons. The zero-order chi connectivity index (χ0) is 18.5. The molecule has 1 N–H and O–H groups in total. The van der Waals surface area contributed by atoms with Gasteiger partial charge in [0.2, 0.25) is 11.7 Å². The van der Waals surface area contributed by atoms with Crippen LogP contribution in [0.1, 0.15) is 34.7 Å². The van der Waals surface area contributed by atoms with E-state index in [0.29, 0.717) is 25.2 Å². The number of aryl methyl sites for hydroxylation is 1. The molecular formula is C19H23N3O4. The van der Waals surface area contributed by atoms with Crippen molar-refractivity contribution in [2.24, 2.45) is 0 Å². The molecule has 7 nitrogen and oxygen atoms in total. The third kappa shape index (κ3) is 4.41. The van der Waals surface area contributed by atoms with Crippen molar-refractivity contribution in [3.63, 3.8) is 0 Å². The molecule has 3 rings (SSSR count). The third-order valence-corrected chi connectivity index (χ3v) is 4.52. The van der Waals surface area contributed by atoms with Crippen LogP contribution < -0.4 is 10.1 Å². The summed E-state index contributed by atoms with van der Waals surface area (Å²) in [5.74, 6) is 0.805. The van der Waals surface area contributed by atoms with Crippen LogP contribution in [0.2, 0.25) is 0 Å². The monoisotopic (exact) mass is 357 g/mol. The molecule has 2 aromatic rings. The Balaban J connectivity index is 1.48. The molecule has 1 saturated heterocycles. The lowest BCUT2D eigenvalue weighted by atomic mass is 10.0. The highest BCUT2D eigenvalue weighted by atomic mass is 16.5. The molecule has 1 aromatic heterocycles. The topological polar surface area (TPSA) is 84.7 Å². The SMILES string of the molecule is COc1cccc(CC(=O)N2CCC(NC(=O)c3cc(C)no3)CC2)c1. The van der Waals surface area contributed by atoms with E-state index in [1.54, 1.807) is 20.1 Å². The second kappa shape index (κ2) is 8.03. The Morgan fingerprint density at radius 1 is 1.31 bits per heavy atom. The zero-order valence-electron chi connectivity index (χ0n) is 15.0. The summed E-state index contributed by atoms with van der Waals surface area (Å²) < 4.78 is 10.2. The van der Waals surface area contributed by atoms with E-state index in [0.717, 1.165) is 24.2 Å². The highest BCUT2D eigenvalue weighted by Gasteiger charge is 2.25. The lowest BCUT2D eigenvalue weighted by molar-refractivity contribution is -0.131. The van der Waals surface area contributed by atoms with E-state index in [1.165, 1.54) is 0 Å². The van der Waals surface area contributed by atoms with Crippen molar-refractivity contribution in [2.75, 3.05) is 20.2 Å². The number of hydrogen-bond donors (Lipinski definition) is 1. The lowest BCUT2D eigenvalue weighted by Crippen LogP contribution is -2.46. The maximum Gasteiger partial charge on any atom is 0.290 e. The van der Waals surface area contributed by atoms with Crippen LogP contribution in [0.4, 0.5) is 0 Å². The molecular weight excluding hydrogens is 334 g/mol. The van der Waals surface area contributed by atoms with Crippen molar-refractivity contribution in [3.8, 4) is 5.75 Å². The normalized spacial score (nSPS) is 14.9. The molecule has 0 bridgehead atoms. The Hall–Kier alpha value is -2.83. The fraction of sp³-hybridized carbons (Fsp3) is 0.421. The molecule has 2 amide bonds. The number of piperidine rings is 1. The molecule has 0 spiro atoms. The largest absolute Gasteiger partial charge is 0.497 e. The van der Waals surface area contributed by atoms with E-state index < -0.39 is 0 Å². The number of carbonyl (C=O) groups is 2. The molecule has 138 valence electrons. The number of hydrogen-bond acceptors (Lipinski definition) is 5. The quantitative estimate of drug-likeness (QED) is 0.884. The van der Waals surface area contributed by atoms with Crippen LogP contribution in [0.15, 0.2) is 34.9 Å². The minimum atomic E-state index is -0.258. The summed E-state index contributed by atoms with van der Waals surface area (Å²) in [6, 6.07) is 9.19.